The van der Waals surface area contributed by atoms with Gasteiger partial charge in [-0.2, -0.15) is 4.31 Å². The van der Waals surface area contributed by atoms with E-state index in [-0.39, 0.29) is 17.0 Å². The second-order valence-electron chi connectivity index (χ2n) is 6.86. The van der Waals surface area contributed by atoms with Crippen molar-refractivity contribution in [3.63, 3.8) is 0 Å². The van der Waals surface area contributed by atoms with E-state index in [4.69, 9.17) is 0 Å². The average Bonchev–Trinajstić information content (AvgIpc) is 2.72. The summed E-state index contributed by atoms with van der Waals surface area (Å²) in [4.78, 5) is 12.4. The van der Waals surface area contributed by atoms with E-state index in [9.17, 15) is 26.4 Å². The van der Waals surface area contributed by atoms with Gasteiger partial charge in [-0.25, -0.2) is 8.42 Å². The maximum absolute atomic E-state index is 12.6. The number of rotatable bonds is 6. The van der Waals surface area contributed by atoms with Crippen LogP contribution in [0.5, 0.6) is 5.75 Å². The molecule has 30 heavy (non-hydrogen) atoms. The maximum atomic E-state index is 12.6. The van der Waals surface area contributed by atoms with Crippen LogP contribution in [-0.2, 0) is 16.6 Å². The zero-order chi connectivity index (χ0) is 21.8. The van der Waals surface area contributed by atoms with Crippen LogP contribution in [0.3, 0.4) is 0 Å². The fraction of sp³-hybridized carbons (Fsp3) is 0.350. The Hall–Kier alpha value is -2.59. The molecule has 2 aromatic rings. The molecule has 1 amide bonds. The molecule has 0 aliphatic carbocycles. The molecular weight excluding hydrogens is 421 g/mol. The number of sulfonamides is 1. The minimum atomic E-state index is -4.79. The molecule has 1 aliphatic rings. The van der Waals surface area contributed by atoms with Gasteiger partial charge in [0.05, 0.1) is 4.90 Å². The van der Waals surface area contributed by atoms with Crippen LogP contribution in [0.25, 0.3) is 0 Å². The first-order valence-electron chi connectivity index (χ1n) is 9.38. The summed E-state index contributed by atoms with van der Waals surface area (Å²) in [5.41, 5.74) is 0.867. The van der Waals surface area contributed by atoms with Gasteiger partial charge < -0.3 is 10.1 Å². The van der Waals surface area contributed by atoms with E-state index in [1.807, 2.05) is 0 Å². The molecule has 0 radical (unpaired) electrons. The largest absolute Gasteiger partial charge is 0.573 e. The summed E-state index contributed by atoms with van der Waals surface area (Å²) in [7, 11) is -3.52. The topological polar surface area (TPSA) is 75.7 Å². The van der Waals surface area contributed by atoms with E-state index < -0.39 is 28.0 Å². The Bertz CT molecular complexity index is 969. The molecule has 6 nitrogen and oxygen atoms in total. The van der Waals surface area contributed by atoms with Gasteiger partial charge >= 0.3 is 6.36 Å². The number of carbonyl (C=O) groups is 1. The first-order valence-corrected chi connectivity index (χ1v) is 10.8. The molecule has 10 heteroatoms. The van der Waals surface area contributed by atoms with Gasteiger partial charge in [-0.15, -0.1) is 13.2 Å². The number of benzene rings is 2. The second-order valence-corrected chi connectivity index (χ2v) is 8.80. The van der Waals surface area contributed by atoms with E-state index >= 15 is 0 Å². The van der Waals surface area contributed by atoms with Gasteiger partial charge in [0, 0.05) is 25.2 Å². The second kappa shape index (κ2) is 9.05. The zero-order valence-corrected chi connectivity index (χ0v) is 16.8. The molecule has 0 spiro atoms. The van der Waals surface area contributed by atoms with Crippen LogP contribution in [0.1, 0.15) is 35.2 Å². The number of nitrogens with zero attached hydrogens (tertiary/aromatic N) is 1. The Kier molecular flexibility index (Phi) is 6.67. The van der Waals surface area contributed by atoms with Gasteiger partial charge in [0.2, 0.25) is 10.0 Å². The molecule has 0 unspecified atom stereocenters. The Balaban J connectivity index is 1.57. The predicted octanol–water partition coefficient (Wildman–Crippen LogP) is 3.69. The number of hydrogen-bond acceptors (Lipinski definition) is 4. The number of halogens is 3. The monoisotopic (exact) mass is 442 g/mol. The lowest BCUT2D eigenvalue weighted by Gasteiger charge is -2.25. The third kappa shape index (κ3) is 5.73. The number of ether oxygens (including phenoxy) is 1. The number of alkyl halides is 3. The number of carbonyl (C=O) groups excluding carboxylic acids is 1. The van der Waals surface area contributed by atoms with Crippen LogP contribution in [0.2, 0.25) is 0 Å². The van der Waals surface area contributed by atoms with E-state index in [2.05, 4.69) is 10.1 Å². The molecule has 162 valence electrons. The number of piperidine rings is 1. The highest BCUT2D eigenvalue weighted by Crippen LogP contribution is 2.23. The lowest BCUT2D eigenvalue weighted by Crippen LogP contribution is -2.35. The summed E-state index contributed by atoms with van der Waals surface area (Å²) in [6, 6.07) is 10.8. The third-order valence-electron chi connectivity index (χ3n) is 4.68. The molecule has 0 bridgehead atoms. The van der Waals surface area contributed by atoms with Crippen molar-refractivity contribution in [3.8, 4) is 5.75 Å². The van der Waals surface area contributed by atoms with Crippen molar-refractivity contribution in [3.05, 3.63) is 59.7 Å². The van der Waals surface area contributed by atoms with Crippen LogP contribution in [0.15, 0.2) is 53.4 Å². The molecule has 0 atom stereocenters. The molecule has 0 saturated carbocycles. The normalized spacial score (nSPS) is 15.6. The molecule has 2 aromatic carbocycles. The van der Waals surface area contributed by atoms with Crippen molar-refractivity contribution in [2.45, 2.75) is 37.1 Å². The van der Waals surface area contributed by atoms with E-state index in [0.29, 0.717) is 18.7 Å². The Morgan fingerprint density at radius 2 is 1.57 bits per heavy atom. The number of nitrogens with one attached hydrogen (secondary N) is 1. The predicted molar refractivity (Wildman–Crippen MR) is 103 cm³/mol. The van der Waals surface area contributed by atoms with E-state index in [1.165, 1.54) is 28.6 Å². The molecule has 1 N–H and O–H groups in total. The highest BCUT2D eigenvalue weighted by Gasteiger charge is 2.31. The Morgan fingerprint density at radius 1 is 0.967 bits per heavy atom. The fourth-order valence-electron chi connectivity index (χ4n) is 3.13. The lowest BCUT2D eigenvalue weighted by atomic mass is 10.2. The van der Waals surface area contributed by atoms with Gasteiger partial charge in [-0.1, -0.05) is 18.6 Å². The summed E-state index contributed by atoms with van der Waals surface area (Å²) < 4.78 is 67.1. The van der Waals surface area contributed by atoms with Crippen LogP contribution >= 0.6 is 0 Å². The minimum Gasteiger partial charge on any atom is -0.406 e. The van der Waals surface area contributed by atoms with E-state index in [0.717, 1.165) is 31.4 Å². The SMILES string of the molecule is O=C(NCc1ccc(S(=O)(=O)N2CCCCC2)cc1)c1ccc(OC(F)(F)F)cc1. The van der Waals surface area contributed by atoms with Crippen molar-refractivity contribution in [2.75, 3.05) is 13.1 Å². The molecule has 1 saturated heterocycles. The minimum absolute atomic E-state index is 0.143. The standard InChI is InChI=1S/C20H21F3N2O4S/c21-20(22,23)29-17-8-6-16(7-9-17)19(26)24-14-15-4-10-18(11-5-15)30(27,28)25-12-2-1-3-13-25/h4-11H,1-3,12-14H2,(H,24,26). The van der Waals surface area contributed by atoms with E-state index in [1.54, 1.807) is 12.1 Å². The van der Waals surface area contributed by atoms with Gasteiger partial charge in [0.1, 0.15) is 5.75 Å². The summed E-state index contributed by atoms with van der Waals surface area (Å²) >= 11 is 0. The highest BCUT2D eigenvalue weighted by atomic mass is 32.2. The molecule has 1 heterocycles. The van der Waals surface area contributed by atoms with Crippen molar-refractivity contribution in [1.82, 2.24) is 9.62 Å². The summed E-state index contributed by atoms with van der Waals surface area (Å²) in [5.74, 6) is -0.886. The van der Waals surface area contributed by atoms with Crippen LogP contribution in [-0.4, -0.2) is 38.1 Å². The Labute approximate surface area is 172 Å². The molecular formula is C20H21F3N2O4S. The van der Waals surface area contributed by atoms with Gasteiger partial charge in [-0.05, 0) is 54.8 Å². The quantitative estimate of drug-likeness (QED) is 0.741. The van der Waals surface area contributed by atoms with Crippen molar-refractivity contribution >= 4 is 15.9 Å². The fourth-order valence-corrected chi connectivity index (χ4v) is 4.64. The molecule has 1 aliphatic heterocycles. The van der Waals surface area contributed by atoms with Crippen molar-refractivity contribution < 1.29 is 31.1 Å². The van der Waals surface area contributed by atoms with Crippen LogP contribution in [0, 0.1) is 0 Å². The van der Waals surface area contributed by atoms with Gasteiger partial charge in [0.25, 0.3) is 5.91 Å². The molecule has 0 aromatic heterocycles. The zero-order valence-electron chi connectivity index (χ0n) is 16.0. The van der Waals surface area contributed by atoms with Crippen LogP contribution < -0.4 is 10.1 Å². The van der Waals surface area contributed by atoms with Crippen LogP contribution in [0.4, 0.5) is 13.2 Å². The summed E-state index contributed by atoms with van der Waals surface area (Å²) in [6.45, 7) is 1.18. The molecule has 1 fully saturated rings. The smallest absolute Gasteiger partial charge is 0.406 e. The van der Waals surface area contributed by atoms with Gasteiger partial charge in [0.15, 0.2) is 0 Å². The average molecular weight is 442 g/mol. The maximum Gasteiger partial charge on any atom is 0.573 e. The first kappa shape index (κ1) is 22.1. The first-order chi connectivity index (χ1) is 14.1. The number of hydrogen-bond donors (Lipinski definition) is 1. The van der Waals surface area contributed by atoms with Gasteiger partial charge in [-0.3, -0.25) is 4.79 Å². The highest BCUT2D eigenvalue weighted by molar-refractivity contribution is 7.89. The summed E-state index contributed by atoms with van der Waals surface area (Å²) in [5, 5.41) is 2.64. The molecule has 3 rings (SSSR count). The number of amides is 1. The lowest BCUT2D eigenvalue weighted by molar-refractivity contribution is -0.274. The Morgan fingerprint density at radius 3 is 2.13 bits per heavy atom. The van der Waals surface area contributed by atoms with Crippen molar-refractivity contribution in [2.24, 2.45) is 0 Å². The van der Waals surface area contributed by atoms with Crippen molar-refractivity contribution in [1.29, 1.82) is 0 Å². The summed E-state index contributed by atoms with van der Waals surface area (Å²) in [6.07, 6.45) is -2.06. The third-order valence-corrected chi connectivity index (χ3v) is 6.59.